The van der Waals surface area contributed by atoms with Crippen molar-refractivity contribution in [2.24, 2.45) is 0 Å². The second-order valence-corrected chi connectivity index (χ2v) is 6.55. The van der Waals surface area contributed by atoms with E-state index in [2.05, 4.69) is 27.5 Å². The number of halogens is 1. The minimum absolute atomic E-state index is 0.0954. The van der Waals surface area contributed by atoms with E-state index >= 15 is 0 Å². The second-order valence-electron chi connectivity index (χ2n) is 6.14. The van der Waals surface area contributed by atoms with Gasteiger partial charge in [0.1, 0.15) is 5.75 Å². The summed E-state index contributed by atoms with van der Waals surface area (Å²) >= 11 is 6.16. The molecule has 0 spiro atoms. The lowest BCUT2D eigenvalue weighted by Crippen LogP contribution is -2.36. The predicted molar refractivity (Wildman–Crippen MR) is 108 cm³/mol. The van der Waals surface area contributed by atoms with Crippen LogP contribution < -0.4 is 20.7 Å². The SMILES string of the molecule is C=C(Nc1cccc(Cl)c1OC)C1=C(NCc2ccncc2O)CCNC1=O. The van der Waals surface area contributed by atoms with Gasteiger partial charge >= 0.3 is 0 Å². The van der Waals surface area contributed by atoms with Gasteiger partial charge in [-0.2, -0.15) is 0 Å². The summed E-state index contributed by atoms with van der Waals surface area (Å²) in [5, 5.41) is 19.5. The molecule has 146 valence electrons. The van der Waals surface area contributed by atoms with Crippen LogP contribution in [-0.2, 0) is 11.3 Å². The van der Waals surface area contributed by atoms with Crippen molar-refractivity contribution >= 4 is 23.2 Å². The highest BCUT2D eigenvalue weighted by Crippen LogP contribution is 2.34. The maximum absolute atomic E-state index is 12.5. The fraction of sp³-hybridized carbons (Fsp3) is 0.200. The summed E-state index contributed by atoms with van der Waals surface area (Å²) in [5.74, 6) is 0.336. The highest BCUT2D eigenvalue weighted by atomic mass is 35.5. The number of methoxy groups -OCH3 is 1. The van der Waals surface area contributed by atoms with Crippen molar-refractivity contribution in [3.8, 4) is 11.5 Å². The number of ether oxygens (including phenoxy) is 1. The minimum atomic E-state index is -0.230. The zero-order valence-electron chi connectivity index (χ0n) is 15.4. The first kappa shape index (κ1) is 19.6. The molecule has 3 rings (SSSR count). The Bertz CT molecular complexity index is 943. The van der Waals surface area contributed by atoms with E-state index in [9.17, 15) is 9.90 Å². The summed E-state index contributed by atoms with van der Waals surface area (Å²) in [6.45, 7) is 4.89. The third kappa shape index (κ3) is 4.20. The van der Waals surface area contributed by atoms with Crippen molar-refractivity contribution in [2.75, 3.05) is 19.0 Å². The third-order valence-corrected chi connectivity index (χ3v) is 4.63. The molecule has 0 unspecified atom stereocenters. The molecule has 2 heterocycles. The molecular formula is C20H21ClN4O3. The number of para-hydroxylation sites is 1. The normalized spacial score (nSPS) is 13.7. The second kappa shape index (κ2) is 8.67. The molecule has 1 aliphatic heterocycles. The quantitative estimate of drug-likeness (QED) is 0.570. The van der Waals surface area contributed by atoms with Gasteiger partial charge in [-0.1, -0.05) is 24.2 Å². The van der Waals surface area contributed by atoms with Crippen molar-refractivity contribution in [1.29, 1.82) is 0 Å². The maximum atomic E-state index is 12.5. The van der Waals surface area contributed by atoms with Gasteiger partial charge in [0.2, 0.25) is 0 Å². The number of hydrogen-bond donors (Lipinski definition) is 4. The summed E-state index contributed by atoms with van der Waals surface area (Å²) in [6.07, 6.45) is 3.59. The number of rotatable bonds is 7. The Morgan fingerprint density at radius 2 is 2.25 bits per heavy atom. The van der Waals surface area contributed by atoms with E-state index in [1.54, 1.807) is 30.5 Å². The molecule has 1 aliphatic rings. The molecule has 1 amide bonds. The number of carbonyl (C=O) groups is 1. The predicted octanol–water partition coefficient (Wildman–Crippen LogP) is 2.94. The number of carbonyl (C=O) groups excluding carboxylic acids is 1. The summed E-state index contributed by atoms with van der Waals surface area (Å²) in [4.78, 5) is 16.4. The Kier molecular flexibility index (Phi) is 6.06. The number of pyridine rings is 1. The lowest BCUT2D eigenvalue weighted by molar-refractivity contribution is -0.117. The lowest BCUT2D eigenvalue weighted by atomic mass is 10.0. The van der Waals surface area contributed by atoms with E-state index in [1.165, 1.54) is 13.3 Å². The van der Waals surface area contributed by atoms with E-state index in [0.717, 1.165) is 5.70 Å². The van der Waals surface area contributed by atoms with E-state index in [1.807, 2.05) is 0 Å². The number of hydrogen-bond acceptors (Lipinski definition) is 6. The smallest absolute Gasteiger partial charge is 0.255 e. The Hall–Kier alpha value is -3.19. The molecule has 28 heavy (non-hydrogen) atoms. The fourth-order valence-electron chi connectivity index (χ4n) is 2.95. The van der Waals surface area contributed by atoms with E-state index in [4.69, 9.17) is 16.3 Å². The van der Waals surface area contributed by atoms with Gasteiger partial charge in [-0.25, -0.2) is 0 Å². The van der Waals surface area contributed by atoms with Crippen LogP contribution in [0.25, 0.3) is 0 Å². The van der Waals surface area contributed by atoms with E-state index in [-0.39, 0.29) is 11.7 Å². The summed E-state index contributed by atoms with van der Waals surface area (Å²) in [5.41, 5.74) is 2.86. The first-order chi connectivity index (χ1) is 13.5. The van der Waals surface area contributed by atoms with Crippen LogP contribution in [-0.4, -0.2) is 29.7 Å². The van der Waals surface area contributed by atoms with Crippen molar-refractivity contribution in [3.05, 3.63) is 70.8 Å². The molecule has 1 aromatic heterocycles. The Morgan fingerprint density at radius 3 is 3.00 bits per heavy atom. The van der Waals surface area contributed by atoms with E-state index in [0.29, 0.717) is 52.8 Å². The van der Waals surface area contributed by atoms with Crippen LogP contribution in [0.2, 0.25) is 5.02 Å². The molecule has 1 aromatic carbocycles. The average molecular weight is 401 g/mol. The minimum Gasteiger partial charge on any atom is -0.506 e. The number of nitrogens with zero attached hydrogens (tertiary/aromatic N) is 1. The molecule has 4 N–H and O–H groups in total. The molecule has 7 nitrogen and oxygen atoms in total. The highest BCUT2D eigenvalue weighted by Gasteiger charge is 2.23. The molecule has 0 bridgehead atoms. The molecule has 8 heteroatoms. The van der Waals surface area contributed by atoms with Crippen LogP contribution in [0.15, 0.2) is 60.2 Å². The van der Waals surface area contributed by atoms with Crippen molar-refractivity contribution in [1.82, 2.24) is 15.6 Å². The number of benzene rings is 1. The highest BCUT2D eigenvalue weighted by molar-refractivity contribution is 6.32. The number of aromatic nitrogens is 1. The third-order valence-electron chi connectivity index (χ3n) is 4.33. The monoisotopic (exact) mass is 400 g/mol. The number of anilines is 1. The topological polar surface area (TPSA) is 95.5 Å². The van der Waals surface area contributed by atoms with Crippen molar-refractivity contribution in [3.63, 3.8) is 0 Å². The molecule has 0 atom stereocenters. The number of aromatic hydroxyl groups is 1. The number of nitrogens with one attached hydrogen (secondary N) is 3. The van der Waals surface area contributed by atoms with Crippen LogP contribution in [0.1, 0.15) is 12.0 Å². The van der Waals surface area contributed by atoms with Crippen molar-refractivity contribution in [2.45, 2.75) is 13.0 Å². The largest absolute Gasteiger partial charge is 0.506 e. The Labute approximate surface area is 168 Å². The zero-order chi connectivity index (χ0) is 20.1. The lowest BCUT2D eigenvalue weighted by Gasteiger charge is -2.24. The van der Waals surface area contributed by atoms with Gasteiger partial charge in [-0.3, -0.25) is 9.78 Å². The molecular weight excluding hydrogens is 380 g/mol. The standard InChI is InChI=1S/C20H21ClN4O3/c1-12(25-16-5-3-4-14(21)19(16)28-2)18-15(7-9-23-20(18)27)24-10-13-6-8-22-11-17(13)26/h3-6,8,11,24-26H,1,7,9-10H2,2H3,(H,23,27). The first-order valence-electron chi connectivity index (χ1n) is 8.67. The Morgan fingerprint density at radius 1 is 1.43 bits per heavy atom. The molecule has 2 aromatic rings. The van der Waals surface area contributed by atoms with Gasteiger partial charge in [0.15, 0.2) is 5.75 Å². The van der Waals surface area contributed by atoms with Crippen LogP contribution >= 0.6 is 11.6 Å². The van der Waals surface area contributed by atoms with Crippen LogP contribution in [0, 0.1) is 0 Å². The number of amides is 1. The molecule has 0 radical (unpaired) electrons. The van der Waals surface area contributed by atoms with Crippen LogP contribution in [0.4, 0.5) is 5.69 Å². The van der Waals surface area contributed by atoms with Crippen molar-refractivity contribution < 1.29 is 14.6 Å². The summed E-state index contributed by atoms with van der Waals surface area (Å²) in [7, 11) is 1.52. The summed E-state index contributed by atoms with van der Waals surface area (Å²) in [6, 6.07) is 7.00. The molecule has 0 saturated carbocycles. The van der Waals surface area contributed by atoms with Crippen LogP contribution in [0.5, 0.6) is 11.5 Å². The molecule has 0 aliphatic carbocycles. The fourth-order valence-corrected chi connectivity index (χ4v) is 3.21. The van der Waals surface area contributed by atoms with Gasteiger partial charge in [0.25, 0.3) is 5.91 Å². The zero-order valence-corrected chi connectivity index (χ0v) is 16.1. The van der Waals surface area contributed by atoms with Gasteiger partial charge < -0.3 is 25.8 Å². The summed E-state index contributed by atoms with van der Waals surface area (Å²) < 4.78 is 5.34. The first-order valence-corrected chi connectivity index (χ1v) is 9.05. The molecule has 0 fully saturated rings. The molecule has 0 saturated heterocycles. The van der Waals surface area contributed by atoms with Gasteiger partial charge in [-0.05, 0) is 18.2 Å². The average Bonchev–Trinajstić information content (AvgIpc) is 2.67. The maximum Gasteiger partial charge on any atom is 0.255 e. The van der Waals surface area contributed by atoms with Gasteiger partial charge in [0.05, 0.1) is 29.6 Å². The van der Waals surface area contributed by atoms with Crippen LogP contribution in [0.3, 0.4) is 0 Å². The van der Waals surface area contributed by atoms with Gasteiger partial charge in [-0.15, -0.1) is 0 Å². The Balaban J connectivity index is 1.85. The van der Waals surface area contributed by atoms with Gasteiger partial charge in [0, 0.05) is 42.7 Å². The van der Waals surface area contributed by atoms with E-state index < -0.39 is 0 Å².